The van der Waals surface area contributed by atoms with Gasteiger partial charge in [-0.3, -0.25) is 4.79 Å². The van der Waals surface area contributed by atoms with Gasteiger partial charge in [0.05, 0.1) is 5.75 Å². The lowest BCUT2D eigenvalue weighted by molar-refractivity contribution is -0.125. The largest absolute Gasteiger partial charge is 0.348 e. The Labute approximate surface area is 127 Å². The van der Waals surface area contributed by atoms with Crippen LogP contribution in [0.3, 0.4) is 0 Å². The van der Waals surface area contributed by atoms with E-state index < -0.39 is 0 Å². The van der Waals surface area contributed by atoms with Crippen LogP contribution in [0.25, 0.3) is 0 Å². The van der Waals surface area contributed by atoms with E-state index in [1.54, 1.807) is 43.2 Å². The van der Waals surface area contributed by atoms with Crippen molar-refractivity contribution in [2.75, 3.05) is 19.8 Å². The van der Waals surface area contributed by atoms with E-state index in [0.717, 1.165) is 14.9 Å². The van der Waals surface area contributed by atoms with Crippen LogP contribution >= 0.6 is 23.5 Å². The Balaban J connectivity index is 2.08. The van der Waals surface area contributed by atoms with Gasteiger partial charge in [-0.25, -0.2) is 9.97 Å². The molecule has 4 nitrogen and oxygen atoms in total. The molecule has 1 amide bonds. The molecule has 20 heavy (non-hydrogen) atoms. The Hall–Kier alpha value is -1.53. The number of hydrogen-bond acceptors (Lipinski definition) is 5. The summed E-state index contributed by atoms with van der Waals surface area (Å²) in [7, 11) is 3.50. The van der Waals surface area contributed by atoms with Crippen LogP contribution in [0, 0.1) is 0 Å². The molecule has 0 unspecified atom stereocenters. The van der Waals surface area contributed by atoms with Crippen LogP contribution < -0.4 is 0 Å². The fourth-order valence-corrected chi connectivity index (χ4v) is 3.24. The summed E-state index contributed by atoms with van der Waals surface area (Å²) < 4.78 is 0. The van der Waals surface area contributed by atoms with Crippen LogP contribution in [0.1, 0.15) is 0 Å². The zero-order chi connectivity index (χ0) is 14.4. The SMILES string of the molecule is CN(C)C(=O)CSc1nccnc1Sc1ccccc1. The number of carbonyl (C=O) groups excluding carboxylic acids is 1. The average Bonchev–Trinajstić information content (AvgIpc) is 2.47. The number of thioether (sulfide) groups is 1. The molecule has 0 aliphatic carbocycles. The number of benzene rings is 1. The molecule has 6 heteroatoms. The molecule has 0 fully saturated rings. The molecule has 0 saturated heterocycles. The highest BCUT2D eigenvalue weighted by Crippen LogP contribution is 2.32. The van der Waals surface area contributed by atoms with Crippen molar-refractivity contribution in [1.29, 1.82) is 0 Å². The normalized spacial score (nSPS) is 10.3. The lowest BCUT2D eigenvalue weighted by atomic mass is 10.4. The van der Waals surface area contributed by atoms with Crippen LogP contribution in [0.15, 0.2) is 57.7 Å². The van der Waals surface area contributed by atoms with Crippen molar-refractivity contribution in [3.8, 4) is 0 Å². The highest BCUT2D eigenvalue weighted by molar-refractivity contribution is 8.02. The second-order valence-corrected chi connectivity index (χ2v) is 6.18. The first-order valence-electron chi connectivity index (χ1n) is 6.03. The predicted molar refractivity (Wildman–Crippen MR) is 82.0 cm³/mol. The van der Waals surface area contributed by atoms with Gasteiger partial charge in [-0.05, 0) is 12.1 Å². The lowest BCUT2D eigenvalue weighted by Gasteiger charge is -2.10. The van der Waals surface area contributed by atoms with Crippen molar-refractivity contribution in [1.82, 2.24) is 14.9 Å². The second-order valence-electron chi connectivity index (χ2n) is 4.16. The number of nitrogens with zero attached hydrogens (tertiary/aromatic N) is 3. The predicted octanol–water partition coefficient (Wildman–Crippen LogP) is 2.81. The number of aromatic nitrogens is 2. The van der Waals surface area contributed by atoms with Crippen LogP contribution in [0.2, 0.25) is 0 Å². The quantitative estimate of drug-likeness (QED) is 0.795. The molecule has 0 radical (unpaired) electrons. The Morgan fingerprint density at radius 2 is 1.75 bits per heavy atom. The first kappa shape index (κ1) is 14.9. The number of carbonyl (C=O) groups is 1. The molecule has 0 aliphatic rings. The standard InChI is InChI=1S/C14H15N3OS2/c1-17(2)12(18)10-19-13-14(16-9-8-15-13)20-11-6-4-3-5-7-11/h3-9H,10H2,1-2H3. The minimum Gasteiger partial charge on any atom is -0.348 e. The molecule has 2 rings (SSSR count). The Morgan fingerprint density at radius 3 is 2.40 bits per heavy atom. The summed E-state index contributed by atoms with van der Waals surface area (Å²) in [5.74, 6) is 0.435. The molecule has 104 valence electrons. The topological polar surface area (TPSA) is 46.1 Å². The monoisotopic (exact) mass is 305 g/mol. The molecule has 0 bridgehead atoms. The van der Waals surface area contributed by atoms with Crippen molar-refractivity contribution in [2.45, 2.75) is 14.9 Å². The molecular formula is C14H15N3OS2. The summed E-state index contributed by atoms with van der Waals surface area (Å²) in [6.07, 6.45) is 3.32. The second kappa shape index (κ2) is 7.31. The molecule has 0 atom stereocenters. The molecule has 2 aromatic rings. The van der Waals surface area contributed by atoms with Crippen molar-refractivity contribution in [3.05, 3.63) is 42.7 Å². The third kappa shape index (κ3) is 4.25. The van der Waals surface area contributed by atoms with Gasteiger partial charge >= 0.3 is 0 Å². The van der Waals surface area contributed by atoms with E-state index >= 15 is 0 Å². The smallest absolute Gasteiger partial charge is 0.232 e. The average molecular weight is 305 g/mol. The third-order valence-corrected chi connectivity index (χ3v) is 4.51. The minimum absolute atomic E-state index is 0.0660. The van der Waals surface area contributed by atoms with Gasteiger partial charge < -0.3 is 4.90 Å². The molecule has 0 spiro atoms. The molecule has 0 aliphatic heterocycles. The van der Waals surface area contributed by atoms with Gasteiger partial charge in [-0.2, -0.15) is 0 Å². The summed E-state index contributed by atoms with van der Waals surface area (Å²) in [6, 6.07) is 10.0. The molecule has 1 aromatic carbocycles. The maximum absolute atomic E-state index is 11.6. The van der Waals surface area contributed by atoms with Gasteiger partial charge in [0.2, 0.25) is 5.91 Å². The van der Waals surface area contributed by atoms with Crippen molar-refractivity contribution < 1.29 is 4.79 Å². The van der Waals surface area contributed by atoms with Crippen molar-refractivity contribution >= 4 is 29.4 Å². The van der Waals surface area contributed by atoms with E-state index in [0.29, 0.717) is 5.75 Å². The third-order valence-electron chi connectivity index (χ3n) is 2.42. The Kier molecular flexibility index (Phi) is 5.43. The zero-order valence-electron chi connectivity index (χ0n) is 11.3. The highest BCUT2D eigenvalue weighted by Gasteiger charge is 2.11. The van der Waals surface area contributed by atoms with Crippen molar-refractivity contribution in [2.24, 2.45) is 0 Å². The van der Waals surface area contributed by atoms with Gasteiger partial charge in [0, 0.05) is 31.4 Å². The van der Waals surface area contributed by atoms with Crippen LogP contribution in [-0.4, -0.2) is 40.6 Å². The minimum atomic E-state index is 0.0660. The van der Waals surface area contributed by atoms with Gasteiger partial charge in [0.25, 0.3) is 0 Å². The van der Waals surface area contributed by atoms with Gasteiger partial charge in [-0.15, -0.1) is 0 Å². The van der Waals surface area contributed by atoms with E-state index in [1.165, 1.54) is 11.8 Å². The molecular weight excluding hydrogens is 290 g/mol. The first-order valence-corrected chi connectivity index (χ1v) is 7.84. The molecule has 0 N–H and O–H groups in total. The summed E-state index contributed by atoms with van der Waals surface area (Å²) in [4.78, 5) is 23.0. The summed E-state index contributed by atoms with van der Waals surface area (Å²) in [5, 5.41) is 1.62. The maximum atomic E-state index is 11.6. The molecule has 0 saturated carbocycles. The number of hydrogen-bond donors (Lipinski definition) is 0. The lowest BCUT2D eigenvalue weighted by Crippen LogP contribution is -2.23. The molecule has 1 aromatic heterocycles. The van der Waals surface area contributed by atoms with E-state index in [2.05, 4.69) is 9.97 Å². The van der Waals surface area contributed by atoms with Gasteiger partial charge in [0.15, 0.2) is 0 Å². The van der Waals surface area contributed by atoms with E-state index in [-0.39, 0.29) is 5.91 Å². The summed E-state index contributed by atoms with van der Waals surface area (Å²) in [6.45, 7) is 0. The fraction of sp³-hybridized carbons (Fsp3) is 0.214. The Bertz CT molecular complexity index is 576. The van der Waals surface area contributed by atoms with Crippen LogP contribution in [0.5, 0.6) is 0 Å². The number of rotatable bonds is 5. The van der Waals surface area contributed by atoms with Crippen molar-refractivity contribution in [3.63, 3.8) is 0 Å². The van der Waals surface area contributed by atoms with Gasteiger partial charge in [-0.1, -0.05) is 41.7 Å². The van der Waals surface area contributed by atoms with E-state index in [9.17, 15) is 4.79 Å². The summed E-state index contributed by atoms with van der Waals surface area (Å²) >= 11 is 2.97. The summed E-state index contributed by atoms with van der Waals surface area (Å²) in [5.41, 5.74) is 0. The highest BCUT2D eigenvalue weighted by atomic mass is 32.2. The number of amides is 1. The Morgan fingerprint density at radius 1 is 1.10 bits per heavy atom. The molecule has 1 heterocycles. The van der Waals surface area contributed by atoms with E-state index in [1.807, 2.05) is 30.3 Å². The van der Waals surface area contributed by atoms with Crippen LogP contribution in [0.4, 0.5) is 0 Å². The zero-order valence-corrected chi connectivity index (χ0v) is 12.9. The maximum Gasteiger partial charge on any atom is 0.232 e. The first-order chi connectivity index (χ1) is 9.66. The van der Waals surface area contributed by atoms with Gasteiger partial charge in [0.1, 0.15) is 10.1 Å². The van der Waals surface area contributed by atoms with E-state index in [4.69, 9.17) is 0 Å². The fourth-order valence-electron chi connectivity index (χ4n) is 1.34. The van der Waals surface area contributed by atoms with Crippen LogP contribution in [-0.2, 0) is 4.79 Å².